The second-order valence-corrected chi connectivity index (χ2v) is 18.7. The van der Waals surface area contributed by atoms with Crippen molar-refractivity contribution >= 4 is 5.97 Å². The minimum atomic E-state index is -1.71. The van der Waals surface area contributed by atoms with Crippen molar-refractivity contribution in [1.29, 1.82) is 0 Å². The smallest absolute Gasteiger partial charge is 0.306 e. The van der Waals surface area contributed by atoms with E-state index in [1.165, 1.54) is 64.2 Å². The maximum absolute atomic E-state index is 13.0. The Labute approximate surface area is 415 Å². The lowest BCUT2D eigenvalue weighted by atomic mass is 9.98. The molecule has 0 amide bonds. The van der Waals surface area contributed by atoms with Gasteiger partial charge in [-0.15, -0.1) is 0 Å². The van der Waals surface area contributed by atoms with E-state index in [9.17, 15) is 40.5 Å². The van der Waals surface area contributed by atoms with Crippen LogP contribution in [0.2, 0.25) is 0 Å². The Morgan fingerprint density at radius 3 is 1.49 bits per heavy atom. The summed E-state index contributed by atoms with van der Waals surface area (Å²) in [5.41, 5.74) is 0. The average Bonchev–Trinajstić information content (AvgIpc) is 3.35. The van der Waals surface area contributed by atoms with E-state index in [1.807, 2.05) is 0 Å². The summed E-state index contributed by atoms with van der Waals surface area (Å²) in [7, 11) is 0. The molecule has 69 heavy (non-hydrogen) atoms. The molecule has 0 aromatic heterocycles. The molecule has 11 atom stereocenters. The van der Waals surface area contributed by atoms with Gasteiger partial charge in [-0.1, -0.05) is 164 Å². The Morgan fingerprint density at radius 1 is 0.493 bits per heavy atom. The van der Waals surface area contributed by atoms with Crippen molar-refractivity contribution in [2.45, 2.75) is 248 Å². The number of aliphatic hydroxyl groups is 7. The maximum atomic E-state index is 13.0. The van der Waals surface area contributed by atoms with Crippen LogP contribution in [0.3, 0.4) is 0 Å². The molecule has 2 rings (SSSR count). The number of carbonyl (C=O) groups is 1. The molecule has 14 nitrogen and oxygen atoms in total. The molecule has 14 heteroatoms. The first-order valence-electron chi connectivity index (χ1n) is 26.9. The first-order chi connectivity index (χ1) is 33.6. The minimum absolute atomic E-state index is 0.0542. The lowest BCUT2D eigenvalue weighted by Crippen LogP contribution is -2.61. The zero-order chi connectivity index (χ0) is 50.2. The molecule has 0 radical (unpaired) electrons. The summed E-state index contributed by atoms with van der Waals surface area (Å²) in [5.74, 6) is -0.390. The van der Waals surface area contributed by atoms with Crippen molar-refractivity contribution in [3.8, 4) is 0 Å². The van der Waals surface area contributed by atoms with Crippen LogP contribution < -0.4 is 0 Å². The number of aliphatic hydroxyl groups excluding tert-OH is 7. The van der Waals surface area contributed by atoms with E-state index in [0.717, 1.165) is 89.9 Å². The van der Waals surface area contributed by atoms with Crippen molar-refractivity contribution in [3.63, 3.8) is 0 Å². The van der Waals surface area contributed by atoms with Gasteiger partial charge in [0.15, 0.2) is 12.6 Å². The normalized spacial score (nSPS) is 26.2. The Kier molecular flexibility index (Phi) is 38.4. The highest BCUT2D eigenvalue weighted by Gasteiger charge is 2.47. The second-order valence-electron chi connectivity index (χ2n) is 18.7. The van der Waals surface area contributed by atoms with Crippen LogP contribution in [0.5, 0.6) is 0 Å². The number of ether oxygens (including phenoxy) is 6. The van der Waals surface area contributed by atoms with Crippen molar-refractivity contribution in [3.05, 3.63) is 60.8 Å². The van der Waals surface area contributed by atoms with Crippen LogP contribution in [0.1, 0.15) is 181 Å². The standard InChI is InChI=1S/C55H96O14/c1-3-5-7-9-11-13-15-16-17-18-19-20-21-22-23-24-25-26-27-29-31-33-35-37-39-64-41-44(67-47(57)38-36-34-32-30-28-14-12-10-8-6-4-2)42-65-54-53(63)51(61)49(59)46(69-54)43-66-55-52(62)50(60)48(58)45(40-56)68-55/h5,7,10-13,16-17,19-20,44-46,48-56,58-63H,3-4,6,8-9,14-15,18,21-43H2,1-2H3/b7-5-,12-10-,13-11-,17-16-,20-19-. The van der Waals surface area contributed by atoms with Crippen LogP contribution >= 0.6 is 0 Å². The zero-order valence-electron chi connectivity index (χ0n) is 42.5. The summed E-state index contributed by atoms with van der Waals surface area (Å²) >= 11 is 0. The number of allylic oxidation sites excluding steroid dienone is 10. The average molecular weight is 981 g/mol. The van der Waals surface area contributed by atoms with Gasteiger partial charge in [-0.3, -0.25) is 4.79 Å². The topological polar surface area (TPSA) is 214 Å². The fourth-order valence-electron chi connectivity index (χ4n) is 8.14. The number of unbranched alkanes of at least 4 members (excludes halogenated alkanes) is 18. The third kappa shape index (κ3) is 29.7. The number of esters is 1. The molecule has 0 aromatic carbocycles. The van der Waals surface area contributed by atoms with Gasteiger partial charge < -0.3 is 64.2 Å². The van der Waals surface area contributed by atoms with E-state index >= 15 is 0 Å². The van der Waals surface area contributed by atoms with Gasteiger partial charge in [-0.2, -0.15) is 0 Å². The highest BCUT2D eigenvalue weighted by atomic mass is 16.7. The SMILES string of the molecule is CC/C=C\C/C=C\C/C=C\C/C=C\CCCCCCCCCCCCCOCC(COC1OC(COC2OC(CO)C(O)C(O)C2O)C(O)C(O)C1O)OC(=O)CCCCCCC/C=C\CCCC. The summed E-state index contributed by atoms with van der Waals surface area (Å²) < 4.78 is 34.3. The third-order valence-electron chi connectivity index (χ3n) is 12.5. The van der Waals surface area contributed by atoms with E-state index in [1.54, 1.807) is 0 Å². The number of carbonyl (C=O) groups excluding carboxylic acids is 1. The molecule has 2 aliphatic heterocycles. The van der Waals surface area contributed by atoms with E-state index in [-0.39, 0.29) is 25.6 Å². The molecular formula is C55H96O14. The first-order valence-corrected chi connectivity index (χ1v) is 26.9. The molecule has 0 aromatic rings. The van der Waals surface area contributed by atoms with E-state index in [0.29, 0.717) is 13.0 Å². The van der Waals surface area contributed by atoms with E-state index in [4.69, 9.17) is 28.4 Å². The lowest BCUT2D eigenvalue weighted by molar-refractivity contribution is -0.332. The van der Waals surface area contributed by atoms with Crippen LogP contribution in [0.25, 0.3) is 0 Å². The summed E-state index contributed by atoms with van der Waals surface area (Å²) in [6, 6.07) is 0. The van der Waals surface area contributed by atoms with E-state index in [2.05, 4.69) is 74.6 Å². The van der Waals surface area contributed by atoms with Gasteiger partial charge in [0.25, 0.3) is 0 Å². The van der Waals surface area contributed by atoms with Gasteiger partial charge in [0, 0.05) is 13.0 Å². The summed E-state index contributed by atoms with van der Waals surface area (Å²) in [4.78, 5) is 13.0. The van der Waals surface area contributed by atoms with E-state index < -0.39 is 80.7 Å². The molecule has 11 unspecified atom stereocenters. The molecule has 400 valence electrons. The van der Waals surface area contributed by atoms with Crippen molar-refractivity contribution in [2.24, 2.45) is 0 Å². The van der Waals surface area contributed by atoms with Crippen molar-refractivity contribution in [1.82, 2.24) is 0 Å². The lowest BCUT2D eigenvalue weighted by Gasteiger charge is -2.42. The van der Waals surface area contributed by atoms with Crippen molar-refractivity contribution in [2.75, 3.05) is 33.0 Å². The Bertz CT molecular complexity index is 1370. The third-order valence-corrected chi connectivity index (χ3v) is 12.5. The van der Waals surface area contributed by atoms with Gasteiger partial charge in [-0.05, 0) is 70.6 Å². The van der Waals surface area contributed by atoms with Gasteiger partial charge in [-0.25, -0.2) is 0 Å². The monoisotopic (exact) mass is 981 g/mol. The van der Waals surface area contributed by atoms with Crippen molar-refractivity contribution < 1.29 is 69.0 Å². The predicted molar refractivity (Wildman–Crippen MR) is 270 cm³/mol. The van der Waals surface area contributed by atoms with Crippen LogP contribution in [-0.2, 0) is 33.2 Å². The highest BCUT2D eigenvalue weighted by molar-refractivity contribution is 5.69. The Hall–Kier alpha value is -2.31. The predicted octanol–water partition coefficient (Wildman–Crippen LogP) is 8.52. The molecule has 2 heterocycles. The van der Waals surface area contributed by atoms with Gasteiger partial charge >= 0.3 is 5.97 Å². The number of rotatable bonds is 42. The molecule has 0 spiro atoms. The Balaban J connectivity index is 1.70. The fraction of sp³-hybridized carbons (Fsp3) is 0.800. The number of hydrogen-bond acceptors (Lipinski definition) is 14. The largest absolute Gasteiger partial charge is 0.457 e. The quantitative estimate of drug-likeness (QED) is 0.0174. The molecule has 2 fully saturated rings. The van der Waals surface area contributed by atoms with Crippen LogP contribution in [-0.4, -0.2) is 142 Å². The Morgan fingerprint density at radius 2 is 0.942 bits per heavy atom. The number of hydrogen-bond donors (Lipinski definition) is 7. The van der Waals surface area contributed by atoms with Crippen LogP contribution in [0.4, 0.5) is 0 Å². The maximum Gasteiger partial charge on any atom is 0.306 e. The van der Waals surface area contributed by atoms with Gasteiger partial charge in [0.2, 0.25) is 0 Å². The summed E-state index contributed by atoms with van der Waals surface area (Å²) in [5, 5.41) is 72.1. The summed E-state index contributed by atoms with van der Waals surface area (Å²) in [6.07, 6.45) is 34.3. The zero-order valence-corrected chi connectivity index (χ0v) is 42.5. The molecule has 0 saturated carbocycles. The van der Waals surface area contributed by atoms with Gasteiger partial charge in [0.1, 0.15) is 54.9 Å². The molecule has 2 aliphatic rings. The molecular weight excluding hydrogens is 885 g/mol. The fourth-order valence-corrected chi connectivity index (χ4v) is 8.14. The molecule has 7 N–H and O–H groups in total. The minimum Gasteiger partial charge on any atom is -0.457 e. The van der Waals surface area contributed by atoms with Crippen LogP contribution in [0, 0.1) is 0 Å². The molecule has 0 bridgehead atoms. The van der Waals surface area contributed by atoms with Crippen LogP contribution in [0.15, 0.2) is 60.8 Å². The highest BCUT2D eigenvalue weighted by Crippen LogP contribution is 2.26. The summed E-state index contributed by atoms with van der Waals surface area (Å²) in [6.45, 7) is 3.51. The van der Waals surface area contributed by atoms with Gasteiger partial charge in [0.05, 0.1) is 26.4 Å². The molecule has 2 saturated heterocycles. The second kappa shape index (κ2) is 42.2. The molecule has 0 aliphatic carbocycles. The first kappa shape index (κ1) is 62.8.